The van der Waals surface area contributed by atoms with Gasteiger partial charge in [-0.2, -0.15) is 21.6 Å². The lowest BCUT2D eigenvalue weighted by Crippen LogP contribution is -2.53. The maximum Gasteiger partial charge on any atom is 0.534 e. The van der Waals surface area contributed by atoms with Crippen molar-refractivity contribution in [2.75, 3.05) is 75.8 Å². The molecule has 7 amide bonds. The van der Waals surface area contributed by atoms with Crippen molar-refractivity contribution in [3.8, 4) is 34.1 Å². The number of hydrogen-bond acceptors (Lipinski definition) is 17. The van der Waals surface area contributed by atoms with E-state index in [0.717, 1.165) is 44.3 Å². The van der Waals surface area contributed by atoms with Gasteiger partial charge in [-0.15, -0.1) is 0 Å². The molecule has 0 saturated heterocycles. The number of ether oxygens (including phenoxy) is 7. The zero-order valence-corrected chi connectivity index (χ0v) is 60.9. The molecule has 3 N–H and O–H groups in total. The average Bonchev–Trinajstić information content (AvgIpc) is 1.63. The average molecular weight is 1450 g/mol. The Labute approximate surface area is 586 Å². The number of methoxy groups -OCH3 is 2. The van der Waals surface area contributed by atoms with Crippen molar-refractivity contribution in [3.05, 3.63) is 143 Å². The Morgan fingerprint density at radius 3 is 1.59 bits per heavy atom. The fourth-order valence-electron chi connectivity index (χ4n) is 12.2. The van der Waals surface area contributed by atoms with Crippen LogP contribution in [0, 0.1) is 5.92 Å². The highest BCUT2D eigenvalue weighted by Gasteiger charge is 2.52. The molecule has 0 radical (unpaired) electrons. The van der Waals surface area contributed by atoms with Gasteiger partial charge in [0.2, 0.25) is 11.8 Å². The van der Waals surface area contributed by atoms with Crippen molar-refractivity contribution in [2.45, 2.75) is 127 Å². The molecule has 4 atom stereocenters. The van der Waals surface area contributed by atoms with Crippen molar-refractivity contribution < 1.29 is 92.5 Å². The van der Waals surface area contributed by atoms with Crippen LogP contribution >= 0.6 is 0 Å². The Balaban J connectivity index is 0.793. The lowest BCUT2D eigenvalue weighted by molar-refractivity contribution is -0.128. The second-order valence-corrected chi connectivity index (χ2v) is 40.7. The van der Waals surface area contributed by atoms with Crippen LogP contribution in [0.5, 0.6) is 23.0 Å². The molecule has 10 rings (SSSR count). The third-order valence-corrected chi connectivity index (χ3v) is 22.2. The van der Waals surface area contributed by atoms with Gasteiger partial charge in [0.1, 0.15) is 50.0 Å². The van der Waals surface area contributed by atoms with E-state index in [1.54, 1.807) is 50.4 Å². The lowest BCUT2D eigenvalue weighted by atomic mass is 9.98. The topological polar surface area (TPSA) is 277 Å². The third kappa shape index (κ3) is 16.9. The Morgan fingerprint density at radius 2 is 1.11 bits per heavy atom. The van der Waals surface area contributed by atoms with Gasteiger partial charge in [-0.25, -0.2) is 4.79 Å². The SMILES string of the molecule is COc1cc2c(cc1OCCCOc1cc3c(cc1OC)C(=O)N1C=C(c4ccc(NC(=O)[C@H](C)NC(=O)[C@@H](NC(=O)OCC5c6ccccc6-c6ccccc65)C(C)C)cc4)C[C@H]1C(=O)N3COCC[Si](C)(C)C)N(COCC[Si](C)(C)C)C(=O)[C@@H]1CC(OS(=O)(=O)C(F)(F)F)=CN1C2=O. The van der Waals surface area contributed by atoms with Crippen molar-refractivity contribution in [1.29, 1.82) is 0 Å². The summed E-state index contributed by atoms with van der Waals surface area (Å²) < 4.78 is 110. The number of anilines is 3. The van der Waals surface area contributed by atoms with Crippen molar-refractivity contribution in [2.24, 2.45) is 5.92 Å². The normalized spacial score (nSPS) is 17.3. The van der Waals surface area contributed by atoms with Gasteiger partial charge >= 0.3 is 21.7 Å². The molecule has 4 heterocycles. The van der Waals surface area contributed by atoms with Crippen LogP contribution < -0.4 is 44.7 Å². The molecule has 5 aliphatic rings. The molecule has 0 fully saturated rings. The summed E-state index contributed by atoms with van der Waals surface area (Å²) in [6.07, 6.45) is 1.28. The van der Waals surface area contributed by atoms with E-state index in [1.807, 2.05) is 48.5 Å². The number of halogens is 3. The molecular weight excluding hydrogens is 1370 g/mol. The Hall–Kier alpha value is -9.24. The number of hydrogen-bond donors (Lipinski definition) is 3. The predicted octanol–water partition coefficient (Wildman–Crippen LogP) is 11.1. The van der Waals surface area contributed by atoms with E-state index in [-0.39, 0.29) is 110 Å². The van der Waals surface area contributed by atoms with Crippen LogP contribution in [-0.2, 0) is 47.7 Å². The van der Waals surface area contributed by atoms with E-state index in [1.165, 1.54) is 49.1 Å². The van der Waals surface area contributed by atoms with Crippen molar-refractivity contribution >= 4 is 90.4 Å². The predicted molar refractivity (Wildman–Crippen MR) is 375 cm³/mol. The number of carbonyl (C=O) groups is 7. The lowest BCUT2D eigenvalue weighted by Gasteiger charge is -2.27. The number of alkyl carbamates (subject to hydrolysis) is 1. The van der Waals surface area contributed by atoms with Crippen LogP contribution in [0.15, 0.2) is 115 Å². The number of benzene rings is 5. The van der Waals surface area contributed by atoms with Gasteiger partial charge in [-0.05, 0) is 82.6 Å². The highest BCUT2D eigenvalue weighted by atomic mass is 32.2. The van der Waals surface area contributed by atoms with E-state index in [0.29, 0.717) is 29.5 Å². The first kappa shape index (κ1) is 74.5. The van der Waals surface area contributed by atoms with E-state index < -0.39 is 110 Å². The first-order chi connectivity index (χ1) is 47.8. The number of nitrogens with one attached hydrogen (secondary N) is 3. The van der Waals surface area contributed by atoms with Gasteiger partial charge in [0, 0.05) is 84.8 Å². The molecule has 0 aromatic heterocycles. The number of nitrogens with zero attached hydrogens (tertiary/aromatic N) is 4. The molecule has 30 heteroatoms. The molecule has 1 aliphatic carbocycles. The summed E-state index contributed by atoms with van der Waals surface area (Å²) in [5.41, 5.74) is 0.473. The van der Waals surface area contributed by atoms with Gasteiger partial charge in [0.15, 0.2) is 23.0 Å². The molecule has 101 heavy (non-hydrogen) atoms. The maximum atomic E-state index is 15.0. The number of amides is 7. The van der Waals surface area contributed by atoms with Gasteiger partial charge < -0.3 is 58.2 Å². The smallest absolute Gasteiger partial charge is 0.493 e. The highest BCUT2D eigenvalue weighted by molar-refractivity contribution is 7.87. The molecule has 5 aromatic carbocycles. The number of carbonyl (C=O) groups excluding carboxylic acids is 7. The van der Waals surface area contributed by atoms with E-state index in [9.17, 15) is 55.2 Å². The zero-order valence-electron chi connectivity index (χ0n) is 58.1. The van der Waals surface area contributed by atoms with E-state index in [2.05, 4.69) is 59.4 Å². The molecule has 0 saturated carbocycles. The minimum absolute atomic E-state index is 0.00860. The van der Waals surface area contributed by atoms with Gasteiger partial charge in [-0.1, -0.05) is 114 Å². The quantitative estimate of drug-likeness (QED) is 0.0174. The maximum absolute atomic E-state index is 15.0. The van der Waals surface area contributed by atoms with Gasteiger partial charge in [0.05, 0.1) is 49.9 Å². The van der Waals surface area contributed by atoms with Crippen molar-refractivity contribution in [1.82, 2.24) is 20.4 Å². The summed E-state index contributed by atoms with van der Waals surface area (Å²) >= 11 is 0. The third-order valence-electron chi connectivity index (χ3n) is 17.8. The number of fused-ring (bicyclic) bond motifs is 7. The molecule has 24 nitrogen and oxygen atoms in total. The van der Waals surface area contributed by atoms with Crippen molar-refractivity contribution in [3.63, 3.8) is 0 Å². The van der Waals surface area contributed by atoms with Crippen LogP contribution in [0.1, 0.15) is 83.4 Å². The van der Waals surface area contributed by atoms with Crippen LogP contribution in [-0.4, -0.2) is 166 Å². The minimum Gasteiger partial charge on any atom is -0.493 e. The molecule has 0 spiro atoms. The molecule has 4 aliphatic heterocycles. The Bertz CT molecular complexity index is 4150. The Morgan fingerprint density at radius 1 is 0.614 bits per heavy atom. The molecular formula is C71H84F3N7O17SSi2. The first-order valence-electron chi connectivity index (χ1n) is 33.1. The first-order valence-corrected chi connectivity index (χ1v) is 42.0. The molecule has 0 bridgehead atoms. The van der Waals surface area contributed by atoms with Gasteiger partial charge in [0.25, 0.3) is 23.6 Å². The zero-order chi connectivity index (χ0) is 73.0. The summed E-state index contributed by atoms with van der Waals surface area (Å²) in [5, 5.41) is 8.25. The number of rotatable bonds is 29. The summed E-state index contributed by atoms with van der Waals surface area (Å²) in [6, 6.07) is 25.5. The minimum atomic E-state index is -6.13. The standard InChI is InChI=1S/C71H84F3N7O17SSi2/c1-42(2)63(77-70(88)97-39-54-50-19-14-12-17-48(50)49-18-13-15-20-51(49)54)65(83)75-43(3)64(82)76-46-23-21-44(22-24-46)45-31-57-68(86)80(40-93-27-29-100(6,7)8)55-35-61(59(91-4)33-52(55)66(84)78(57)37-45)95-25-16-26-96-62-36-56-53(34-60(62)92-5)67(85)79-38-47(98-99(89,90)71(72,73)74)32-58(79)69(87)81(56)41-94-28-30-101(9,10)11/h12-15,17-24,33-38,42-43,54,57-58,63H,16,25-32,39-41H2,1-11H3,(H,75,83)(H,76,82)(H,77,88)/t43-,57-,58-,63-/m0/s1. The molecule has 540 valence electrons. The monoisotopic (exact) mass is 1450 g/mol. The second kappa shape index (κ2) is 30.5. The molecule has 0 unspecified atom stereocenters. The fourth-order valence-corrected chi connectivity index (χ4v) is 14.2. The largest absolute Gasteiger partial charge is 0.534 e. The Kier molecular flexibility index (Phi) is 22.5. The second-order valence-electron chi connectivity index (χ2n) is 27.9. The van der Waals surface area contributed by atoms with Crippen LogP contribution in [0.25, 0.3) is 16.7 Å². The summed E-state index contributed by atoms with van der Waals surface area (Å²) in [7, 11) is -6.64. The summed E-state index contributed by atoms with van der Waals surface area (Å²) in [4.78, 5) is 104. The van der Waals surface area contributed by atoms with Crippen LogP contribution in [0.2, 0.25) is 51.4 Å². The molecule has 5 aromatic rings. The fraction of sp³-hybridized carbons (Fsp3) is 0.423. The van der Waals surface area contributed by atoms with E-state index in [4.69, 9.17) is 33.2 Å². The number of alkyl halides is 3. The van der Waals surface area contributed by atoms with Crippen LogP contribution in [0.3, 0.4) is 0 Å². The highest BCUT2D eigenvalue weighted by Crippen LogP contribution is 2.47. The van der Waals surface area contributed by atoms with E-state index >= 15 is 0 Å². The van der Waals surface area contributed by atoms with Gasteiger partial charge in [-0.3, -0.25) is 43.5 Å². The summed E-state index contributed by atoms with van der Waals surface area (Å²) in [6.45, 7) is 18.1. The summed E-state index contributed by atoms with van der Waals surface area (Å²) in [5.74, 6) is -4.49. The van der Waals surface area contributed by atoms with Crippen LogP contribution in [0.4, 0.5) is 35.0 Å².